The SMILES string of the molecule is c1ccc(-c2cc3c(c4ccccc24)c2ccccc2n3-c2ccc3oc4cccc(-c5nc(-c6ccc7ccccc7c6)nc(-c6ccc7ccccc7c6)n5)c4c3c2)cc1. The van der Waals surface area contributed by atoms with E-state index in [0.717, 1.165) is 66.1 Å². The van der Waals surface area contributed by atoms with Crippen LogP contribution in [0.1, 0.15) is 0 Å². The Hall–Kier alpha value is -8.41. The Balaban J connectivity index is 1.06. The summed E-state index contributed by atoms with van der Waals surface area (Å²) in [5.41, 5.74) is 10.0. The number of hydrogen-bond acceptors (Lipinski definition) is 4. The number of benzene rings is 10. The van der Waals surface area contributed by atoms with Crippen molar-refractivity contribution in [2.24, 2.45) is 0 Å². The number of hydrogen-bond donors (Lipinski definition) is 0. The first kappa shape index (κ1) is 34.5. The van der Waals surface area contributed by atoms with Crippen molar-refractivity contribution < 1.29 is 4.42 Å². The highest BCUT2D eigenvalue weighted by molar-refractivity contribution is 6.24. The molecule has 3 aromatic heterocycles. The van der Waals surface area contributed by atoms with Gasteiger partial charge in [0.05, 0.1) is 11.0 Å². The largest absolute Gasteiger partial charge is 0.456 e. The van der Waals surface area contributed by atoms with Crippen molar-refractivity contribution >= 4 is 76.1 Å². The summed E-state index contributed by atoms with van der Waals surface area (Å²) in [6.45, 7) is 0. The highest BCUT2D eigenvalue weighted by Crippen LogP contribution is 2.43. The van der Waals surface area contributed by atoms with E-state index in [0.29, 0.717) is 17.5 Å². The lowest BCUT2D eigenvalue weighted by molar-refractivity contribution is 0.669. The van der Waals surface area contributed by atoms with Crippen LogP contribution in [0.2, 0.25) is 0 Å². The van der Waals surface area contributed by atoms with Crippen LogP contribution in [-0.2, 0) is 0 Å². The Morgan fingerprint density at radius 2 is 0.935 bits per heavy atom. The van der Waals surface area contributed by atoms with Gasteiger partial charge < -0.3 is 8.98 Å². The number of aromatic nitrogens is 4. The molecule has 0 spiro atoms. The third-order valence-electron chi connectivity index (χ3n) is 12.4. The first-order valence-corrected chi connectivity index (χ1v) is 20.9. The van der Waals surface area contributed by atoms with Gasteiger partial charge in [-0.2, -0.15) is 0 Å². The molecule has 13 aromatic rings. The molecular weight excluding hydrogens is 757 g/mol. The van der Waals surface area contributed by atoms with Gasteiger partial charge in [-0.25, -0.2) is 15.0 Å². The van der Waals surface area contributed by atoms with Gasteiger partial charge in [-0.1, -0.05) is 158 Å². The molecule has 5 nitrogen and oxygen atoms in total. The molecule has 0 aliphatic rings. The Bertz CT molecular complexity index is 3840. The van der Waals surface area contributed by atoms with Gasteiger partial charge in [0.2, 0.25) is 0 Å². The smallest absolute Gasteiger partial charge is 0.164 e. The standard InChI is InChI=1S/C57H34N4O/c1-2-15-37(16-3-1)47-34-50-53(44-20-9-8-19-43(44)47)45-21-10-11-23-49(45)61(50)42-29-30-51-48(33-42)54-46(22-12-24-52(54)62-51)57-59-55(40-27-25-35-13-4-6-17-38(35)31-40)58-56(60-57)41-28-26-36-14-5-7-18-39(36)32-41/h1-34H. The molecule has 5 heteroatoms. The third-order valence-corrected chi connectivity index (χ3v) is 12.4. The maximum atomic E-state index is 6.64. The van der Waals surface area contributed by atoms with Crippen molar-refractivity contribution in [2.75, 3.05) is 0 Å². The van der Waals surface area contributed by atoms with Crippen molar-refractivity contribution in [1.82, 2.24) is 19.5 Å². The second kappa shape index (κ2) is 13.6. The van der Waals surface area contributed by atoms with E-state index in [4.69, 9.17) is 19.4 Å². The molecule has 0 saturated heterocycles. The molecule has 13 rings (SSSR count). The Morgan fingerprint density at radius 3 is 1.66 bits per heavy atom. The van der Waals surface area contributed by atoms with Crippen LogP contribution in [0.3, 0.4) is 0 Å². The minimum absolute atomic E-state index is 0.584. The molecule has 0 radical (unpaired) electrons. The van der Waals surface area contributed by atoms with E-state index < -0.39 is 0 Å². The van der Waals surface area contributed by atoms with Crippen molar-refractivity contribution in [1.29, 1.82) is 0 Å². The molecule has 62 heavy (non-hydrogen) atoms. The van der Waals surface area contributed by atoms with Crippen molar-refractivity contribution in [3.63, 3.8) is 0 Å². The Morgan fingerprint density at radius 1 is 0.323 bits per heavy atom. The molecule has 0 bridgehead atoms. The van der Waals surface area contributed by atoms with Crippen LogP contribution in [0.25, 0.3) is 127 Å². The van der Waals surface area contributed by atoms with Gasteiger partial charge in [-0.05, 0) is 92.0 Å². The fourth-order valence-electron chi connectivity index (χ4n) is 9.52. The van der Waals surface area contributed by atoms with Crippen molar-refractivity contribution in [3.8, 4) is 51.0 Å². The monoisotopic (exact) mass is 790 g/mol. The quantitative estimate of drug-likeness (QED) is 0.174. The Kier molecular flexibility index (Phi) is 7.54. The number of furan rings is 1. The molecule has 0 N–H and O–H groups in total. The second-order valence-corrected chi connectivity index (χ2v) is 16.0. The average molecular weight is 791 g/mol. The minimum atomic E-state index is 0.584. The lowest BCUT2D eigenvalue weighted by Gasteiger charge is -2.12. The molecule has 3 heterocycles. The van der Waals surface area contributed by atoms with E-state index >= 15 is 0 Å². The van der Waals surface area contributed by atoms with Crippen LogP contribution in [0.15, 0.2) is 211 Å². The summed E-state index contributed by atoms with van der Waals surface area (Å²) >= 11 is 0. The fourth-order valence-corrected chi connectivity index (χ4v) is 9.52. The fraction of sp³-hybridized carbons (Fsp3) is 0. The van der Waals surface area contributed by atoms with E-state index in [1.54, 1.807) is 0 Å². The maximum Gasteiger partial charge on any atom is 0.164 e. The zero-order chi connectivity index (χ0) is 40.7. The van der Waals surface area contributed by atoms with E-state index in [1.165, 1.54) is 43.4 Å². The average Bonchev–Trinajstić information content (AvgIpc) is 3.89. The highest BCUT2D eigenvalue weighted by atomic mass is 16.3. The van der Waals surface area contributed by atoms with E-state index in [-0.39, 0.29) is 0 Å². The molecule has 0 aliphatic heterocycles. The number of nitrogens with zero attached hydrogens (tertiary/aromatic N) is 4. The van der Waals surface area contributed by atoms with Gasteiger partial charge in [0.15, 0.2) is 17.5 Å². The summed E-state index contributed by atoms with van der Waals surface area (Å²) in [5, 5.41) is 11.5. The van der Waals surface area contributed by atoms with Crippen LogP contribution >= 0.6 is 0 Å². The molecular formula is C57H34N4O. The zero-order valence-electron chi connectivity index (χ0n) is 33.3. The van der Waals surface area contributed by atoms with Crippen LogP contribution in [-0.4, -0.2) is 19.5 Å². The van der Waals surface area contributed by atoms with Gasteiger partial charge in [-0.3, -0.25) is 0 Å². The van der Waals surface area contributed by atoms with Gasteiger partial charge in [0, 0.05) is 43.9 Å². The molecule has 0 fully saturated rings. The van der Waals surface area contributed by atoms with E-state index in [9.17, 15) is 0 Å². The second-order valence-electron chi connectivity index (χ2n) is 16.0. The van der Waals surface area contributed by atoms with Gasteiger partial charge in [-0.15, -0.1) is 0 Å². The summed E-state index contributed by atoms with van der Waals surface area (Å²) in [7, 11) is 0. The van der Waals surface area contributed by atoms with Crippen LogP contribution in [0.5, 0.6) is 0 Å². The molecule has 288 valence electrons. The number of rotatable bonds is 5. The van der Waals surface area contributed by atoms with Crippen molar-refractivity contribution in [3.05, 3.63) is 206 Å². The van der Waals surface area contributed by atoms with Crippen LogP contribution in [0.4, 0.5) is 0 Å². The number of fused-ring (bicyclic) bond motifs is 10. The summed E-state index contributed by atoms with van der Waals surface area (Å²) < 4.78 is 9.05. The van der Waals surface area contributed by atoms with Gasteiger partial charge >= 0.3 is 0 Å². The first-order chi connectivity index (χ1) is 30.7. The van der Waals surface area contributed by atoms with E-state index in [1.807, 2.05) is 12.1 Å². The lowest BCUT2D eigenvalue weighted by Crippen LogP contribution is -2.00. The molecule has 0 saturated carbocycles. The molecule has 0 atom stereocenters. The normalized spacial score (nSPS) is 11.9. The van der Waals surface area contributed by atoms with Gasteiger partial charge in [0.25, 0.3) is 0 Å². The first-order valence-electron chi connectivity index (χ1n) is 20.9. The van der Waals surface area contributed by atoms with E-state index in [2.05, 4.69) is 199 Å². The third kappa shape index (κ3) is 5.38. The maximum absolute atomic E-state index is 6.64. The zero-order valence-corrected chi connectivity index (χ0v) is 33.3. The predicted molar refractivity (Wildman–Crippen MR) is 256 cm³/mol. The molecule has 10 aromatic carbocycles. The summed E-state index contributed by atoms with van der Waals surface area (Å²) in [6, 6.07) is 72.8. The lowest BCUT2D eigenvalue weighted by atomic mass is 9.95. The van der Waals surface area contributed by atoms with Gasteiger partial charge in [0.1, 0.15) is 11.2 Å². The van der Waals surface area contributed by atoms with Crippen LogP contribution < -0.4 is 0 Å². The molecule has 0 aliphatic carbocycles. The predicted octanol–water partition coefficient (Wildman–Crippen LogP) is 15.0. The topological polar surface area (TPSA) is 56.7 Å². The Labute approximate surface area is 355 Å². The number of para-hydroxylation sites is 1. The summed E-state index contributed by atoms with van der Waals surface area (Å²) in [4.78, 5) is 15.7. The highest BCUT2D eigenvalue weighted by Gasteiger charge is 2.21. The summed E-state index contributed by atoms with van der Waals surface area (Å²) in [5.74, 6) is 1.81. The van der Waals surface area contributed by atoms with Crippen molar-refractivity contribution in [2.45, 2.75) is 0 Å². The minimum Gasteiger partial charge on any atom is -0.456 e. The van der Waals surface area contributed by atoms with Crippen LogP contribution in [0, 0.1) is 0 Å². The molecule has 0 unspecified atom stereocenters. The summed E-state index contributed by atoms with van der Waals surface area (Å²) in [6.07, 6.45) is 0. The molecule has 0 amide bonds.